The Kier molecular flexibility index (Phi) is 4.18. The third-order valence-corrected chi connectivity index (χ3v) is 5.55. The number of hydrogen-bond acceptors (Lipinski definition) is 3. The van der Waals surface area contributed by atoms with Crippen LogP contribution in [0.5, 0.6) is 0 Å². The normalized spacial score (nSPS) is 19.2. The van der Waals surface area contributed by atoms with E-state index in [1.165, 1.54) is 6.07 Å². The fourth-order valence-electron chi connectivity index (χ4n) is 2.61. The summed E-state index contributed by atoms with van der Waals surface area (Å²) in [6.45, 7) is 1.33. The Bertz CT molecular complexity index is 680. The van der Waals surface area contributed by atoms with Gasteiger partial charge in [-0.3, -0.25) is 4.79 Å². The van der Waals surface area contributed by atoms with Crippen molar-refractivity contribution < 1.29 is 17.6 Å². The molecule has 2 fully saturated rings. The highest BCUT2D eigenvalue weighted by Crippen LogP contribution is 2.24. The Morgan fingerprint density at radius 1 is 1.18 bits per heavy atom. The lowest BCUT2D eigenvalue weighted by Crippen LogP contribution is -2.35. The molecule has 5 nitrogen and oxygen atoms in total. The lowest BCUT2D eigenvalue weighted by molar-refractivity contribution is 0.0724. The third kappa shape index (κ3) is 3.30. The van der Waals surface area contributed by atoms with E-state index in [0.717, 1.165) is 44.2 Å². The van der Waals surface area contributed by atoms with Gasteiger partial charge < -0.3 is 4.90 Å². The molecule has 1 heterocycles. The minimum absolute atomic E-state index is 0.106. The molecule has 7 heteroatoms. The summed E-state index contributed by atoms with van der Waals surface area (Å²) in [7, 11) is -3.91. The van der Waals surface area contributed by atoms with Crippen LogP contribution >= 0.6 is 0 Å². The lowest BCUT2D eigenvalue weighted by Gasteiger charge is -2.26. The van der Waals surface area contributed by atoms with E-state index >= 15 is 0 Å². The van der Waals surface area contributed by atoms with Gasteiger partial charge in [0.15, 0.2) is 0 Å². The standard InChI is InChI=1S/C15H19FN2O3S/c16-13-7-4-11(15(19)18-8-2-1-3-9-18)10-14(13)22(20,21)17-12-5-6-12/h4,7,10,12,17H,1-3,5-6,8-9H2. The first-order chi connectivity index (χ1) is 10.5. The number of nitrogens with one attached hydrogen (secondary N) is 1. The van der Waals surface area contributed by atoms with E-state index in [0.29, 0.717) is 13.1 Å². The van der Waals surface area contributed by atoms with Gasteiger partial charge in [-0.05, 0) is 50.3 Å². The molecule has 1 amide bonds. The zero-order valence-corrected chi connectivity index (χ0v) is 13.0. The van der Waals surface area contributed by atoms with Crippen molar-refractivity contribution in [2.75, 3.05) is 13.1 Å². The maximum atomic E-state index is 13.9. The van der Waals surface area contributed by atoms with E-state index in [9.17, 15) is 17.6 Å². The highest BCUT2D eigenvalue weighted by molar-refractivity contribution is 7.89. The van der Waals surface area contributed by atoms with Crippen molar-refractivity contribution in [3.05, 3.63) is 29.6 Å². The van der Waals surface area contributed by atoms with E-state index in [2.05, 4.69) is 4.72 Å². The van der Waals surface area contributed by atoms with Crippen LogP contribution < -0.4 is 4.72 Å². The van der Waals surface area contributed by atoms with Gasteiger partial charge in [-0.1, -0.05) is 0 Å². The number of amides is 1. The molecule has 3 rings (SSSR count). The number of rotatable bonds is 4. The third-order valence-electron chi connectivity index (χ3n) is 4.01. The number of piperidine rings is 1. The second-order valence-corrected chi connectivity index (χ2v) is 7.58. The summed E-state index contributed by atoms with van der Waals surface area (Å²) in [6, 6.07) is 3.45. The Morgan fingerprint density at radius 3 is 2.50 bits per heavy atom. The van der Waals surface area contributed by atoms with Crippen LogP contribution in [0.1, 0.15) is 42.5 Å². The minimum Gasteiger partial charge on any atom is -0.339 e. The van der Waals surface area contributed by atoms with Crippen molar-refractivity contribution >= 4 is 15.9 Å². The largest absolute Gasteiger partial charge is 0.339 e. The van der Waals surface area contributed by atoms with Gasteiger partial charge in [0.2, 0.25) is 10.0 Å². The van der Waals surface area contributed by atoms with Crippen LogP contribution in [0.3, 0.4) is 0 Å². The number of carbonyl (C=O) groups is 1. The molecule has 1 aromatic carbocycles. The number of nitrogens with zero attached hydrogens (tertiary/aromatic N) is 1. The number of carbonyl (C=O) groups excluding carboxylic acids is 1. The molecule has 0 radical (unpaired) electrons. The van der Waals surface area contributed by atoms with Gasteiger partial charge in [-0.25, -0.2) is 17.5 Å². The Morgan fingerprint density at radius 2 is 1.86 bits per heavy atom. The fourth-order valence-corrected chi connectivity index (χ4v) is 4.01. The van der Waals surface area contributed by atoms with Crippen LogP contribution in [0.4, 0.5) is 4.39 Å². The van der Waals surface area contributed by atoms with E-state index in [1.807, 2.05) is 0 Å². The number of benzene rings is 1. The van der Waals surface area contributed by atoms with Gasteiger partial charge in [0.05, 0.1) is 0 Å². The Labute approximate surface area is 129 Å². The zero-order valence-electron chi connectivity index (χ0n) is 12.2. The molecule has 2 aliphatic rings. The Balaban J connectivity index is 1.87. The SMILES string of the molecule is O=C(c1ccc(F)c(S(=O)(=O)NC2CC2)c1)N1CCCCC1. The van der Waals surface area contributed by atoms with Crippen molar-refractivity contribution in [3.8, 4) is 0 Å². The molecule has 1 aromatic rings. The summed E-state index contributed by atoms with van der Waals surface area (Å²) in [5, 5.41) is 0. The Hall–Kier alpha value is -1.47. The first-order valence-corrected chi connectivity index (χ1v) is 9.07. The van der Waals surface area contributed by atoms with Crippen molar-refractivity contribution in [2.45, 2.75) is 43.0 Å². The van der Waals surface area contributed by atoms with Crippen LogP contribution in [0.25, 0.3) is 0 Å². The van der Waals surface area contributed by atoms with E-state index < -0.39 is 20.7 Å². The quantitative estimate of drug-likeness (QED) is 0.919. The number of halogens is 1. The molecule has 1 aliphatic carbocycles. The summed E-state index contributed by atoms with van der Waals surface area (Å²) in [4.78, 5) is 13.7. The highest BCUT2D eigenvalue weighted by Gasteiger charge is 2.30. The van der Waals surface area contributed by atoms with E-state index in [4.69, 9.17) is 0 Å². The first-order valence-electron chi connectivity index (χ1n) is 7.58. The number of sulfonamides is 1. The zero-order chi connectivity index (χ0) is 15.7. The summed E-state index contributed by atoms with van der Waals surface area (Å²) in [5.41, 5.74) is 0.222. The number of likely N-dealkylation sites (tertiary alicyclic amines) is 1. The molecule has 120 valence electrons. The molecule has 0 atom stereocenters. The molecular formula is C15H19FN2O3S. The number of hydrogen-bond donors (Lipinski definition) is 1. The molecule has 1 saturated carbocycles. The average molecular weight is 326 g/mol. The predicted molar refractivity (Wildman–Crippen MR) is 79.5 cm³/mol. The molecule has 1 N–H and O–H groups in total. The lowest BCUT2D eigenvalue weighted by atomic mass is 10.1. The second-order valence-electron chi connectivity index (χ2n) is 5.89. The van der Waals surface area contributed by atoms with E-state index in [1.54, 1.807) is 4.90 Å². The van der Waals surface area contributed by atoms with E-state index in [-0.39, 0.29) is 17.5 Å². The van der Waals surface area contributed by atoms with Gasteiger partial charge in [-0.2, -0.15) is 0 Å². The first kappa shape index (κ1) is 15.4. The molecule has 0 aromatic heterocycles. The van der Waals surface area contributed by atoms with Crippen LogP contribution in [-0.4, -0.2) is 38.4 Å². The van der Waals surface area contributed by atoms with Gasteiger partial charge >= 0.3 is 0 Å². The van der Waals surface area contributed by atoms with Crippen molar-refractivity contribution in [2.24, 2.45) is 0 Å². The average Bonchev–Trinajstić information content (AvgIpc) is 3.31. The molecule has 0 spiro atoms. The van der Waals surface area contributed by atoms with Crippen molar-refractivity contribution in [3.63, 3.8) is 0 Å². The van der Waals surface area contributed by atoms with Gasteiger partial charge in [0.1, 0.15) is 10.7 Å². The highest BCUT2D eigenvalue weighted by atomic mass is 32.2. The van der Waals surface area contributed by atoms with Crippen LogP contribution in [0, 0.1) is 5.82 Å². The summed E-state index contributed by atoms with van der Waals surface area (Å²) < 4.78 is 40.7. The smallest absolute Gasteiger partial charge is 0.253 e. The summed E-state index contributed by atoms with van der Waals surface area (Å²) in [5.74, 6) is -1.06. The molecule has 1 aliphatic heterocycles. The molecule has 0 bridgehead atoms. The molecule has 1 saturated heterocycles. The summed E-state index contributed by atoms with van der Waals surface area (Å²) in [6.07, 6.45) is 4.53. The van der Waals surface area contributed by atoms with Gasteiger partial charge in [-0.15, -0.1) is 0 Å². The van der Waals surface area contributed by atoms with Crippen LogP contribution in [0.2, 0.25) is 0 Å². The maximum Gasteiger partial charge on any atom is 0.253 e. The fraction of sp³-hybridized carbons (Fsp3) is 0.533. The molecule has 22 heavy (non-hydrogen) atoms. The van der Waals surface area contributed by atoms with Crippen molar-refractivity contribution in [1.82, 2.24) is 9.62 Å². The van der Waals surface area contributed by atoms with Crippen LogP contribution in [0.15, 0.2) is 23.1 Å². The van der Waals surface area contributed by atoms with Crippen LogP contribution in [-0.2, 0) is 10.0 Å². The second kappa shape index (κ2) is 5.96. The summed E-state index contributed by atoms with van der Waals surface area (Å²) >= 11 is 0. The van der Waals surface area contributed by atoms with Crippen molar-refractivity contribution in [1.29, 1.82) is 0 Å². The topological polar surface area (TPSA) is 66.5 Å². The maximum absolute atomic E-state index is 13.9. The molecule has 0 unspecified atom stereocenters. The van der Waals surface area contributed by atoms with Gasteiger partial charge in [0.25, 0.3) is 5.91 Å². The molecular weight excluding hydrogens is 307 g/mol. The predicted octanol–water partition coefficient (Wildman–Crippen LogP) is 1.89. The monoisotopic (exact) mass is 326 g/mol. The minimum atomic E-state index is -3.91. The van der Waals surface area contributed by atoms with Gasteiger partial charge in [0, 0.05) is 24.7 Å².